The molecular weight excluding hydrogens is 440 g/mol. The molecule has 1 fully saturated rings. The number of fused-ring (bicyclic) bond motifs is 1. The normalized spacial score (nSPS) is 21.0. The van der Waals surface area contributed by atoms with E-state index in [-0.39, 0.29) is 22.2 Å². The summed E-state index contributed by atoms with van der Waals surface area (Å²) in [5.41, 5.74) is 2.96. The molecule has 2 aliphatic heterocycles. The molecular formula is C21H19ClN4O2S2. The Labute approximate surface area is 189 Å². The van der Waals surface area contributed by atoms with Crippen LogP contribution in [-0.4, -0.2) is 46.9 Å². The first-order valence-electron chi connectivity index (χ1n) is 9.38. The average molecular weight is 459 g/mol. The molecule has 0 bridgehead atoms. The van der Waals surface area contributed by atoms with Crippen molar-refractivity contribution in [2.75, 3.05) is 17.7 Å². The van der Waals surface area contributed by atoms with Gasteiger partial charge in [0.05, 0.1) is 17.4 Å². The summed E-state index contributed by atoms with van der Waals surface area (Å²) in [6, 6.07) is 14.6. The second-order valence-electron chi connectivity index (χ2n) is 6.93. The van der Waals surface area contributed by atoms with Crippen molar-refractivity contribution in [2.24, 2.45) is 4.99 Å². The predicted molar refractivity (Wildman–Crippen MR) is 125 cm³/mol. The van der Waals surface area contributed by atoms with Gasteiger partial charge >= 0.3 is 0 Å². The van der Waals surface area contributed by atoms with Gasteiger partial charge in [-0.15, -0.1) is 0 Å². The number of amides is 1. The summed E-state index contributed by atoms with van der Waals surface area (Å²) in [7, 11) is 1.70. The van der Waals surface area contributed by atoms with Crippen LogP contribution in [0, 0.1) is 0 Å². The molecule has 2 heterocycles. The van der Waals surface area contributed by atoms with Crippen LogP contribution < -0.4 is 15.5 Å². The number of benzene rings is 2. The first-order chi connectivity index (χ1) is 14.4. The molecule has 4 rings (SSSR count). The van der Waals surface area contributed by atoms with Crippen LogP contribution in [0.25, 0.3) is 0 Å². The zero-order valence-electron chi connectivity index (χ0n) is 16.1. The molecule has 2 aromatic carbocycles. The highest BCUT2D eigenvalue weighted by molar-refractivity contribution is 8.14. The summed E-state index contributed by atoms with van der Waals surface area (Å²) in [5, 5.41) is 6.82. The smallest absolute Gasteiger partial charge is 0.272 e. The first kappa shape index (κ1) is 20.8. The minimum Gasteiger partial charge on any atom is -0.352 e. The summed E-state index contributed by atoms with van der Waals surface area (Å²) in [6.07, 6.45) is -0.243. The number of aliphatic imine (C=N–C) groups is 1. The monoisotopic (exact) mass is 458 g/mol. The Balaban J connectivity index is 1.70. The fraction of sp³-hybridized carbons (Fsp3) is 0.238. The van der Waals surface area contributed by atoms with Crippen LogP contribution in [0.5, 0.6) is 0 Å². The summed E-state index contributed by atoms with van der Waals surface area (Å²) in [4.78, 5) is 31.3. The van der Waals surface area contributed by atoms with Crippen molar-refractivity contribution >= 4 is 63.1 Å². The van der Waals surface area contributed by atoms with Gasteiger partial charge in [0.2, 0.25) is 11.3 Å². The van der Waals surface area contributed by atoms with Crippen LogP contribution >= 0.6 is 35.6 Å². The van der Waals surface area contributed by atoms with Crippen molar-refractivity contribution < 1.29 is 9.59 Å². The fourth-order valence-electron chi connectivity index (χ4n) is 3.42. The number of thiocarbonyl (C=S) groups is 1. The SMILES string of the molecule is CN1C(=O)C(NC(=S)NC2CCSC2=O)N=C(c2ccccc2)c2cc(Cl)ccc21. The van der Waals surface area contributed by atoms with Crippen LogP contribution in [0.15, 0.2) is 53.5 Å². The number of halogens is 1. The molecule has 6 nitrogen and oxygen atoms in total. The number of hydrogen-bond acceptors (Lipinski definition) is 5. The number of carbonyl (C=O) groups is 2. The van der Waals surface area contributed by atoms with Crippen molar-refractivity contribution in [3.63, 3.8) is 0 Å². The van der Waals surface area contributed by atoms with Crippen LogP contribution in [0.3, 0.4) is 0 Å². The van der Waals surface area contributed by atoms with E-state index in [4.69, 9.17) is 28.8 Å². The van der Waals surface area contributed by atoms with E-state index in [9.17, 15) is 9.59 Å². The maximum absolute atomic E-state index is 13.2. The van der Waals surface area contributed by atoms with Crippen molar-refractivity contribution in [1.82, 2.24) is 10.6 Å². The molecule has 1 saturated heterocycles. The van der Waals surface area contributed by atoms with Crippen molar-refractivity contribution in [1.29, 1.82) is 0 Å². The lowest BCUT2D eigenvalue weighted by Gasteiger charge is -2.22. The topological polar surface area (TPSA) is 73.8 Å². The lowest BCUT2D eigenvalue weighted by Crippen LogP contribution is -2.51. The van der Waals surface area contributed by atoms with E-state index in [0.29, 0.717) is 22.8 Å². The minimum absolute atomic E-state index is 0.0546. The van der Waals surface area contributed by atoms with Gasteiger partial charge in [0, 0.05) is 29.0 Å². The van der Waals surface area contributed by atoms with Crippen molar-refractivity contribution in [3.8, 4) is 0 Å². The van der Waals surface area contributed by atoms with Crippen molar-refractivity contribution in [2.45, 2.75) is 18.6 Å². The molecule has 0 radical (unpaired) electrons. The number of rotatable bonds is 3. The molecule has 2 aliphatic rings. The van der Waals surface area contributed by atoms with E-state index < -0.39 is 6.17 Å². The van der Waals surface area contributed by atoms with Gasteiger partial charge in [0.15, 0.2) is 5.11 Å². The predicted octanol–water partition coefficient (Wildman–Crippen LogP) is 2.98. The van der Waals surface area contributed by atoms with Gasteiger partial charge in [0.1, 0.15) is 0 Å². The zero-order chi connectivity index (χ0) is 21.3. The molecule has 0 saturated carbocycles. The number of thioether (sulfide) groups is 1. The highest BCUT2D eigenvalue weighted by atomic mass is 35.5. The highest BCUT2D eigenvalue weighted by Gasteiger charge is 2.32. The number of nitrogens with one attached hydrogen (secondary N) is 2. The van der Waals surface area contributed by atoms with E-state index in [0.717, 1.165) is 16.9 Å². The molecule has 30 heavy (non-hydrogen) atoms. The molecule has 9 heteroatoms. The minimum atomic E-state index is -0.944. The van der Waals surface area contributed by atoms with Crippen molar-refractivity contribution in [3.05, 3.63) is 64.7 Å². The number of likely N-dealkylation sites (N-methyl/N-ethyl adjacent to an activating group) is 1. The summed E-state index contributed by atoms with van der Waals surface area (Å²) in [6.45, 7) is 0. The average Bonchev–Trinajstić information content (AvgIpc) is 3.10. The van der Waals surface area contributed by atoms with E-state index in [2.05, 4.69) is 10.6 Å². The Kier molecular flexibility index (Phi) is 6.08. The number of benzodiazepines with no additional fused rings is 1. The lowest BCUT2D eigenvalue weighted by atomic mass is 10.0. The molecule has 2 aromatic rings. The molecule has 154 valence electrons. The Morgan fingerprint density at radius 2 is 1.97 bits per heavy atom. The van der Waals surface area contributed by atoms with E-state index >= 15 is 0 Å². The maximum atomic E-state index is 13.2. The van der Waals surface area contributed by atoms with Gasteiger partial charge in [-0.1, -0.05) is 53.7 Å². The number of hydrogen-bond donors (Lipinski definition) is 2. The van der Waals surface area contributed by atoms with Crippen LogP contribution in [0.2, 0.25) is 5.02 Å². The fourth-order valence-corrected chi connectivity index (χ4v) is 4.78. The second-order valence-corrected chi connectivity index (χ2v) is 8.88. The Hall–Kier alpha value is -2.42. The number of anilines is 1. The molecule has 2 unspecified atom stereocenters. The van der Waals surface area contributed by atoms with Gasteiger partial charge in [-0.2, -0.15) is 0 Å². The van der Waals surface area contributed by atoms with Crippen LogP contribution in [0.1, 0.15) is 17.5 Å². The van der Waals surface area contributed by atoms with Gasteiger partial charge in [-0.3, -0.25) is 9.59 Å². The first-order valence-corrected chi connectivity index (χ1v) is 11.2. The third-order valence-corrected chi connectivity index (χ3v) is 6.43. The molecule has 0 aliphatic carbocycles. The number of carbonyl (C=O) groups excluding carboxylic acids is 2. The standard InChI is InChI=1S/C21H19ClN4O2S2/c1-26-16-8-7-13(22)11-14(16)17(12-5-3-2-4-6-12)24-18(19(26)27)25-21(29)23-15-9-10-30-20(15)28/h2-8,11,15,18H,9-10H2,1H3,(H2,23,25,29). The molecule has 2 atom stereocenters. The molecule has 0 aromatic heterocycles. The van der Waals surface area contributed by atoms with Gasteiger partial charge in [-0.05, 0) is 36.8 Å². The van der Waals surface area contributed by atoms with E-state index in [1.165, 1.54) is 11.8 Å². The Morgan fingerprint density at radius 1 is 1.20 bits per heavy atom. The summed E-state index contributed by atoms with van der Waals surface area (Å²) >= 11 is 12.9. The third kappa shape index (κ3) is 4.21. The quantitative estimate of drug-likeness (QED) is 0.689. The molecule has 2 N–H and O–H groups in total. The molecule has 0 spiro atoms. The van der Waals surface area contributed by atoms with Gasteiger partial charge in [0.25, 0.3) is 5.91 Å². The maximum Gasteiger partial charge on any atom is 0.272 e. The highest BCUT2D eigenvalue weighted by Crippen LogP contribution is 2.30. The van der Waals surface area contributed by atoms with Gasteiger partial charge < -0.3 is 15.5 Å². The molecule has 1 amide bonds. The van der Waals surface area contributed by atoms with E-state index in [1.807, 2.05) is 30.3 Å². The summed E-state index contributed by atoms with van der Waals surface area (Å²) in [5.74, 6) is 0.497. The second kappa shape index (κ2) is 8.75. The Bertz CT molecular complexity index is 1040. The summed E-state index contributed by atoms with van der Waals surface area (Å²) < 4.78 is 0. The lowest BCUT2D eigenvalue weighted by molar-refractivity contribution is -0.119. The van der Waals surface area contributed by atoms with Crippen LogP contribution in [-0.2, 0) is 9.59 Å². The largest absolute Gasteiger partial charge is 0.352 e. The Morgan fingerprint density at radius 3 is 2.67 bits per heavy atom. The van der Waals surface area contributed by atoms with Gasteiger partial charge in [-0.25, -0.2) is 4.99 Å². The third-order valence-electron chi connectivity index (χ3n) is 4.95. The van der Waals surface area contributed by atoms with Crippen LogP contribution in [0.4, 0.5) is 5.69 Å². The van der Waals surface area contributed by atoms with E-state index in [1.54, 1.807) is 30.1 Å². The number of nitrogens with zero attached hydrogens (tertiary/aromatic N) is 2. The zero-order valence-corrected chi connectivity index (χ0v) is 18.5.